The third-order valence-electron chi connectivity index (χ3n) is 12.7. The monoisotopic (exact) mass is 923 g/mol. The summed E-state index contributed by atoms with van der Waals surface area (Å²) in [5, 5.41) is 17.1. The molecular formula is C48H58ClN9O8. The fourth-order valence-corrected chi connectivity index (χ4v) is 8.90. The maximum atomic E-state index is 13.1. The van der Waals surface area contributed by atoms with Gasteiger partial charge in [0.15, 0.2) is 0 Å². The Balaban J connectivity index is 0.639. The number of aryl methyl sites for hydroxylation is 1. The number of Topliss-reactive ketones (excluding diaryl/α,β-unsaturated/α-hetero) is 1. The van der Waals surface area contributed by atoms with Gasteiger partial charge in [-0.2, -0.15) is 5.10 Å². The number of ether oxygens (including phenoxy) is 3. The van der Waals surface area contributed by atoms with Crippen molar-refractivity contribution >= 4 is 47.0 Å². The summed E-state index contributed by atoms with van der Waals surface area (Å²) in [4.78, 5) is 72.9. The van der Waals surface area contributed by atoms with Crippen LogP contribution >= 0.6 is 11.6 Å². The van der Waals surface area contributed by atoms with Gasteiger partial charge in [0.25, 0.3) is 5.91 Å². The Morgan fingerprint density at radius 1 is 0.894 bits per heavy atom. The first-order valence-electron chi connectivity index (χ1n) is 23.0. The molecule has 17 nitrogen and oxygen atoms in total. The van der Waals surface area contributed by atoms with Crippen LogP contribution in [0.25, 0.3) is 11.3 Å². The summed E-state index contributed by atoms with van der Waals surface area (Å²) >= 11 is 6.56. The molecule has 1 saturated heterocycles. The smallest absolute Gasteiger partial charge is 0.255 e. The van der Waals surface area contributed by atoms with E-state index in [9.17, 15) is 24.0 Å². The first-order chi connectivity index (χ1) is 32.1. The van der Waals surface area contributed by atoms with Crippen LogP contribution in [0.5, 0.6) is 5.75 Å². The Morgan fingerprint density at radius 3 is 2.45 bits per heavy atom. The minimum atomic E-state index is -0.691. The van der Waals surface area contributed by atoms with Crippen molar-refractivity contribution in [1.29, 1.82) is 0 Å². The molecule has 8 rings (SSSR count). The number of anilines is 1. The summed E-state index contributed by atoms with van der Waals surface area (Å²) in [6, 6.07) is 12.8. The van der Waals surface area contributed by atoms with Crippen LogP contribution in [0.1, 0.15) is 97.0 Å². The molecular weight excluding hydrogens is 866 g/mol. The molecule has 2 aromatic heterocycles. The number of halogens is 1. The van der Waals surface area contributed by atoms with E-state index >= 15 is 0 Å². The maximum absolute atomic E-state index is 13.1. The minimum absolute atomic E-state index is 0.0919. The van der Waals surface area contributed by atoms with Gasteiger partial charge in [-0.05, 0) is 87.0 Å². The van der Waals surface area contributed by atoms with E-state index in [0.717, 1.165) is 60.1 Å². The standard InChI is InChI=1S/C48H58ClN9O8/c1-57-41(22-30-7-8-30)37(25-53-57)45-39(49)26-52-48(56-45)54-34-15-13-33(14-16-34)50-24-35(59)4-3-19-64-20-21-65-29-44(61)51-23-31-9-11-32(12-10-31)28-66-42-6-2-5-36-38(42)27-58(47(36)63)40-17-18-43(60)55-46(40)62/h2,5-6,9-12,25-26,30,33-34,40,50H,3-4,7-8,13-24,27-29H2,1H3,(H,51,61)(H,52,54,56)(H,55,60,62). The third-order valence-corrected chi connectivity index (χ3v) is 13.0. The number of nitrogens with one attached hydrogen (secondary N) is 4. The second-order valence-corrected chi connectivity index (χ2v) is 18.0. The van der Waals surface area contributed by atoms with Crippen molar-refractivity contribution in [3.05, 3.63) is 87.8 Å². The van der Waals surface area contributed by atoms with Gasteiger partial charge in [-0.3, -0.25) is 34.0 Å². The number of rotatable bonds is 23. The predicted octanol–water partition coefficient (Wildman–Crippen LogP) is 4.83. The molecule has 4 aliphatic rings. The van der Waals surface area contributed by atoms with Crippen molar-refractivity contribution in [3.63, 3.8) is 0 Å². The van der Waals surface area contributed by atoms with Crippen molar-refractivity contribution < 1.29 is 38.2 Å². The number of nitrogens with zero attached hydrogens (tertiary/aromatic N) is 5. The molecule has 4 heterocycles. The molecule has 3 fully saturated rings. The van der Waals surface area contributed by atoms with Crippen LogP contribution in [0, 0.1) is 5.92 Å². The number of aromatic nitrogens is 4. The summed E-state index contributed by atoms with van der Waals surface area (Å²) in [5.41, 5.74) is 5.87. The number of hydrogen-bond donors (Lipinski definition) is 4. The lowest BCUT2D eigenvalue weighted by Crippen LogP contribution is -2.52. The highest BCUT2D eigenvalue weighted by Crippen LogP contribution is 2.37. The van der Waals surface area contributed by atoms with Crippen LogP contribution in [0.3, 0.4) is 0 Å². The molecule has 0 bridgehead atoms. The van der Waals surface area contributed by atoms with Gasteiger partial charge in [-0.15, -0.1) is 0 Å². The zero-order valence-electron chi connectivity index (χ0n) is 37.3. The molecule has 0 spiro atoms. The number of amides is 4. The average Bonchev–Trinajstić information content (AvgIpc) is 3.99. The Kier molecular flexibility index (Phi) is 15.7. The lowest BCUT2D eigenvalue weighted by atomic mass is 9.91. The van der Waals surface area contributed by atoms with Gasteiger partial charge >= 0.3 is 0 Å². The van der Waals surface area contributed by atoms with Crippen LogP contribution in [0.4, 0.5) is 5.95 Å². The van der Waals surface area contributed by atoms with E-state index in [0.29, 0.717) is 79.5 Å². The van der Waals surface area contributed by atoms with Gasteiger partial charge in [-0.25, -0.2) is 9.97 Å². The lowest BCUT2D eigenvalue weighted by Gasteiger charge is -2.29. The minimum Gasteiger partial charge on any atom is -0.489 e. The SMILES string of the molecule is Cn1ncc(-c2nc(NC3CCC(NCC(=O)CCCOCCOCC(=O)NCc4ccc(COc5cccc6c5CN(C5CCC(=O)NC5=O)C6=O)cc4)CC3)ncc2Cl)c1CC1CC1. The Labute approximate surface area is 389 Å². The largest absolute Gasteiger partial charge is 0.489 e. The molecule has 4 aromatic rings. The summed E-state index contributed by atoms with van der Waals surface area (Å²) < 4.78 is 19.1. The van der Waals surface area contributed by atoms with E-state index in [1.807, 2.05) is 42.2 Å². The third kappa shape index (κ3) is 12.4. The summed E-state index contributed by atoms with van der Waals surface area (Å²) in [7, 11) is 1.97. The van der Waals surface area contributed by atoms with Crippen LogP contribution < -0.4 is 26.0 Å². The van der Waals surface area contributed by atoms with Crippen molar-refractivity contribution in [2.24, 2.45) is 13.0 Å². The Bertz CT molecular complexity index is 2380. The quantitative estimate of drug-likeness (QED) is 0.0582. The normalized spacial score (nSPS) is 19.4. The molecule has 1 atom stereocenters. The average molecular weight is 924 g/mol. The van der Waals surface area contributed by atoms with Gasteiger partial charge in [0.2, 0.25) is 23.7 Å². The van der Waals surface area contributed by atoms with E-state index in [-0.39, 0.29) is 68.4 Å². The van der Waals surface area contributed by atoms with E-state index in [1.54, 1.807) is 24.4 Å². The maximum Gasteiger partial charge on any atom is 0.255 e. The number of carbonyl (C=O) groups excluding carboxylic acids is 5. The molecule has 350 valence electrons. The number of piperidine rings is 1. The lowest BCUT2D eigenvalue weighted by molar-refractivity contribution is -0.137. The molecule has 66 heavy (non-hydrogen) atoms. The van der Waals surface area contributed by atoms with Gasteiger partial charge < -0.3 is 35.1 Å². The highest BCUT2D eigenvalue weighted by atomic mass is 35.5. The van der Waals surface area contributed by atoms with Gasteiger partial charge in [0.05, 0.1) is 49.4 Å². The summed E-state index contributed by atoms with van der Waals surface area (Å²) in [6.45, 7) is 2.11. The highest BCUT2D eigenvalue weighted by molar-refractivity contribution is 6.33. The summed E-state index contributed by atoms with van der Waals surface area (Å²) in [6.07, 6.45) is 12.3. The van der Waals surface area contributed by atoms with Crippen LogP contribution in [-0.2, 0) is 61.8 Å². The second-order valence-electron chi connectivity index (χ2n) is 17.6. The zero-order chi connectivity index (χ0) is 46.0. The van der Waals surface area contributed by atoms with E-state index in [2.05, 4.69) is 31.3 Å². The molecule has 2 aromatic carbocycles. The number of fused-ring (bicyclic) bond motifs is 1. The molecule has 2 saturated carbocycles. The fraction of sp³-hybridized carbons (Fsp3) is 0.500. The molecule has 2 aliphatic carbocycles. The van der Waals surface area contributed by atoms with E-state index < -0.39 is 11.9 Å². The van der Waals surface area contributed by atoms with Gasteiger partial charge in [0, 0.05) is 67.5 Å². The number of carbonyl (C=O) groups is 5. The predicted molar refractivity (Wildman–Crippen MR) is 244 cm³/mol. The topological polar surface area (TPSA) is 208 Å². The van der Waals surface area contributed by atoms with Crippen molar-refractivity contribution in [1.82, 2.24) is 40.6 Å². The highest BCUT2D eigenvalue weighted by Gasteiger charge is 2.40. The van der Waals surface area contributed by atoms with Crippen molar-refractivity contribution in [3.8, 4) is 17.0 Å². The Hall–Kier alpha value is -5.75. The fourth-order valence-electron chi connectivity index (χ4n) is 8.71. The molecule has 4 amide bonds. The molecule has 2 aliphatic heterocycles. The van der Waals surface area contributed by atoms with Gasteiger partial charge in [-0.1, -0.05) is 41.9 Å². The molecule has 0 radical (unpaired) electrons. The van der Waals surface area contributed by atoms with Crippen LogP contribution in [0.15, 0.2) is 54.9 Å². The Morgan fingerprint density at radius 2 is 1.67 bits per heavy atom. The van der Waals surface area contributed by atoms with E-state index in [4.69, 9.17) is 30.8 Å². The second kappa shape index (κ2) is 22.2. The first-order valence-corrected chi connectivity index (χ1v) is 23.4. The van der Waals surface area contributed by atoms with Crippen molar-refractivity contribution in [2.45, 2.75) is 108 Å². The first kappa shape index (κ1) is 46.8. The number of benzene rings is 2. The number of hydrogen-bond acceptors (Lipinski definition) is 13. The van der Waals surface area contributed by atoms with Crippen LogP contribution in [0.2, 0.25) is 5.02 Å². The molecule has 4 N–H and O–H groups in total. The zero-order valence-corrected chi connectivity index (χ0v) is 38.1. The van der Waals surface area contributed by atoms with Crippen LogP contribution in [-0.4, -0.2) is 105 Å². The van der Waals surface area contributed by atoms with Gasteiger partial charge in [0.1, 0.15) is 30.8 Å². The summed E-state index contributed by atoms with van der Waals surface area (Å²) in [5.74, 6) is 0.733. The molecule has 1 unspecified atom stereocenters. The van der Waals surface area contributed by atoms with Crippen molar-refractivity contribution in [2.75, 3.05) is 38.3 Å². The number of ketones is 1. The van der Waals surface area contributed by atoms with E-state index in [1.165, 1.54) is 17.7 Å². The molecule has 18 heteroatoms. The number of imide groups is 1.